The van der Waals surface area contributed by atoms with Gasteiger partial charge in [-0.3, -0.25) is 9.48 Å². The van der Waals surface area contributed by atoms with E-state index in [1.54, 1.807) is 0 Å². The summed E-state index contributed by atoms with van der Waals surface area (Å²) in [7, 11) is -3.78. The average Bonchev–Trinajstić information content (AvgIpc) is 3.36. The van der Waals surface area contributed by atoms with Crippen molar-refractivity contribution in [1.29, 1.82) is 0 Å². The largest absolute Gasteiger partial charge is 0.481 e. The Bertz CT molecular complexity index is 1300. The van der Waals surface area contributed by atoms with Crippen LogP contribution < -0.4 is 4.74 Å². The molecular weight excluding hydrogens is 461 g/mol. The van der Waals surface area contributed by atoms with E-state index in [4.69, 9.17) is 4.74 Å². The molecular formula is C24H26FN3O5S. The number of para-hydroxylation sites is 1. The summed E-state index contributed by atoms with van der Waals surface area (Å²) in [5.74, 6) is -0.209. The maximum atomic E-state index is 13.5. The summed E-state index contributed by atoms with van der Waals surface area (Å²) in [6.45, 7) is -0.349. The molecule has 0 spiro atoms. The van der Waals surface area contributed by atoms with Gasteiger partial charge in [0, 0.05) is 18.5 Å². The molecule has 180 valence electrons. The number of rotatable bonds is 8. The number of aromatic nitrogens is 2. The van der Waals surface area contributed by atoms with Crippen LogP contribution in [-0.4, -0.2) is 53.5 Å². The first-order valence-corrected chi connectivity index (χ1v) is 12.8. The number of fused-ring (bicyclic) bond motifs is 1. The van der Waals surface area contributed by atoms with Gasteiger partial charge >= 0.3 is 5.97 Å². The van der Waals surface area contributed by atoms with Gasteiger partial charge in [0.25, 0.3) is 0 Å². The maximum Gasteiger partial charge on any atom is 0.309 e. The van der Waals surface area contributed by atoms with Crippen molar-refractivity contribution in [3.63, 3.8) is 0 Å². The molecule has 2 fully saturated rings. The van der Waals surface area contributed by atoms with E-state index < -0.39 is 22.9 Å². The molecule has 2 atom stereocenters. The second kappa shape index (κ2) is 8.99. The molecule has 0 amide bonds. The van der Waals surface area contributed by atoms with Gasteiger partial charge < -0.3 is 9.84 Å². The molecule has 2 heterocycles. The van der Waals surface area contributed by atoms with E-state index in [2.05, 4.69) is 5.10 Å². The second-order valence-electron chi connectivity index (χ2n) is 8.95. The van der Waals surface area contributed by atoms with E-state index in [0.717, 1.165) is 30.2 Å². The van der Waals surface area contributed by atoms with E-state index in [-0.39, 0.29) is 35.6 Å². The van der Waals surface area contributed by atoms with Crippen LogP contribution in [0.4, 0.5) is 4.39 Å². The number of ether oxygens (including phenoxy) is 1. The summed E-state index contributed by atoms with van der Waals surface area (Å²) < 4.78 is 47.5. The first-order valence-electron chi connectivity index (χ1n) is 11.4. The fourth-order valence-corrected chi connectivity index (χ4v) is 6.66. The Morgan fingerprint density at radius 1 is 1.12 bits per heavy atom. The van der Waals surface area contributed by atoms with E-state index in [1.807, 2.05) is 28.9 Å². The molecule has 0 bridgehead atoms. The highest BCUT2D eigenvalue weighted by Gasteiger charge is 2.46. The topological polar surface area (TPSA) is 102 Å². The monoisotopic (exact) mass is 487 g/mol. The molecule has 2 aliphatic rings. The third kappa shape index (κ3) is 4.05. The zero-order valence-electron chi connectivity index (χ0n) is 18.5. The Morgan fingerprint density at radius 2 is 1.85 bits per heavy atom. The van der Waals surface area contributed by atoms with Crippen molar-refractivity contribution in [3.8, 4) is 5.75 Å². The Hall–Kier alpha value is -2.98. The highest BCUT2D eigenvalue weighted by atomic mass is 32.2. The molecule has 1 aliphatic heterocycles. The molecule has 1 unspecified atom stereocenters. The van der Waals surface area contributed by atoms with Crippen LogP contribution in [0.2, 0.25) is 0 Å². The van der Waals surface area contributed by atoms with Crippen molar-refractivity contribution < 1.29 is 27.4 Å². The molecule has 1 aromatic heterocycles. The molecule has 8 nitrogen and oxygen atoms in total. The lowest BCUT2D eigenvalue weighted by atomic mass is 9.74. The average molecular weight is 488 g/mol. The Kier molecular flexibility index (Phi) is 6.03. The van der Waals surface area contributed by atoms with E-state index in [9.17, 15) is 22.7 Å². The summed E-state index contributed by atoms with van der Waals surface area (Å²) in [5.41, 5.74) is 1.31. The molecule has 10 heteroatoms. The highest BCUT2D eigenvalue weighted by molar-refractivity contribution is 7.89. The molecule has 0 radical (unpaired) electrons. The number of carboxylic acid groups (broad SMARTS) is 1. The number of alkyl halides is 1. The van der Waals surface area contributed by atoms with Crippen LogP contribution in [-0.2, 0) is 21.2 Å². The number of benzene rings is 2. The van der Waals surface area contributed by atoms with Crippen molar-refractivity contribution in [2.24, 2.45) is 11.8 Å². The highest BCUT2D eigenvalue weighted by Crippen LogP contribution is 2.45. The van der Waals surface area contributed by atoms with Gasteiger partial charge in [0.1, 0.15) is 5.75 Å². The van der Waals surface area contributed by atoms with Gasteiger partial charge in [-0.1, -0.05) is 37.5 Å². The van der Waals surface area contributed by atoms with Crippen LogP contribution in [0.15, 0.2) is 53.4 Å². The van der Waals surface area contributed by atoms with Gasteiger partial charge in [-0.25, -0.2) is 12.8 Å². The van der Waals surface area contributed by atoms with Crippen LogP contribution >= 0.6 is 0 Å². The van der Waals surface area contributed by atoms with Gasteiger partial charge in [-0.05, 0) is 42.2 Å². The molecule has 34 heavy (non-hydrogen) atoms. The number of sulfonamides is 1. The second-order valence-corrected chi connectivity index (χ2v) is 10.9. The first-order chi connectivity index (χ1) is 16.4. The van der Waals surface area contributed by atoms with Crippen molar-refractivity contribution in [2.75, 3.05) is 20.0 Å². The SMILES string of the molecule is O=C(O)Cc1nn([C@H]2CN(S(=O)(=O)c3ccc(OCF)cc3)CC2C2CCC2)c2ccccc12. The summed E-state index contributed by atoms with van der Waals surface area (Å²) in [5, 5.41) is 14.8. The van der Waals surface area contributed by atoms with Crippen LogP contribution in [0.5, 0.6) is 5.75 Å². The minimum atomic E-state index is -3.78. The van der Waals surface area contributed by atoms with Crippen LogP contribution in [0.1, 0.15) is 31.0 Å². The molecule has 3 aromatic rings. The van der Waals surface area contributed by atoms with Crippen LogP contribution in [0.3, 0.4) is 0 Å². The number of nitrogens with zero attached hydrogens (tertiary/aromatic N) is 3. The number of aliphatic carboxylic acids is 1. The van der Waals surface area contributed by atoms with Crippen LogP contribution in [0, 0.1) is 11.8 Å². The fourth-order valence-electron chi connectivity index (χ4n) is 5.16. The normalized spacial score (nSPS) is 21.6. The Balaban J connectivity index is 1.50. The van der Waals surface area contributed by atoms with Gasteiger partial charge in [0.15, 0.2) is 0 Å². The van der Waals surface area contributed by atoms with Gasteiger partial charge in [0.05, 0.1) is 28.6 Å². The minimum absolute atomic E-state index is 0.0821. The van der Waals surface area contributed by atoms with Gasteiger partial charge in [0.2, 0.25) is 16.9 Å². The number of halogens is 1. The first kappa shape index (κ1) is 22.8. The predicted molar refractivity (Wildman–Crippen MR) is 123 cm³/mol. The molecule has 1 N–H and O–H groups in total. The Morgan fingerprint density at radius 3 is 2.50 bits per heavy atom. The summed E-state index contributed by atoms with van der Waals surface area (Å²) in [6, 6.07) is 13.1. The third-order valence-corrected chi connectivity index (χ3v) is 8.91. The fraction of sp³-hybridized carbons (Fsp3) is 0.417. The van der Waals surface area contributed by atoms with E-state index in [1.165, 1.54) is 28.6 Å². The quantitative estimate of drug-likeness (QED) is 0.521. The van der Waals surface area contributed by atoms with E-state index >= 15 is 0 Å². The lowest BCUT2D eigenvalue weighted by molar-refractivity contribution is -0.136. The summed E-state index contributed by atoms with van der Waals surface area (Å²) in [6.07, 6.45) is 3.03. The Labute approximate surface area is 197 Å². The molecule has 5 rings (SSSR count). The summed E-state index contributed by atoms with van der Waals surface area (Å²) >= 11 is 0. The van der Waals surface area contributed by atoms with Gasteiger partial charge in [-0.15, -0.1) is 0 Å². The standard InChI is InChI=1S/C24H26FN3O5S/c25-15-33-17-8-10-18(11-9-17)34(31,32)27-13-20(16-4-3-5-16)23(14-27)28-22-7-2-1-6-19(22)21(26-28)12-24(29)30/h1-2,6-11,16,20,23H,3-5,12-15H2,(H,29,30)/t20?,23-/m0/s1. The number of carboxylic acids is 1. The van der Waals surface area contributed by atoms with Gasteiger partial charge in [-0.2, -0.15) is 9.40 Å². The molecule has 1 saturated heterocycles. The molecule has 1 saturated carbocycles. The zero-order valence-corrected chi connectivity index (χ0v) is 19.3. The predicted octanol–water partition coefficient (Wildman–Crippen LogP) is 3.63. The van der Waals surface area contributed by atoms with E-state index in [0.29, 0.717) is 18.2 Å². The number of hydrogen-bond acceptors (Lipinski definition) is 5. The number of carbonyl (C=O) groups is 1. The molecule has 2 aromatic carbocycles. The third-order valence-electron chi connectivity index (χ3n) is 7.06. The molecule has 1 aliphatic carbocycles. The zero-order chi connectivity index (χ0) is 23.9. The maximum absolute atomic E-state index is 13.5. The van der Waals surface area contributed by atoms with Crippen molar-refractivity contribution >= 4 is 26.9 Å². The van der Waals surface area contributed by atoms with Crippen molar-refractivity contribution in [1.82, 2.24) is 14.1 Å². The smallest absolute Gasteiger partial charge is 0.309 e. The van der Waals surface area contributed by atoms with Crippen molar-refractivity contribution in [3.05, 3.63) is 54.2 Å². The lowest BCUT2D eigenvalue weighted by Crippen LogP contribution is -2.31. The van der Waals surface area contributed by atoms with Crippen LogP contribution in [0.25, 0.3) is 10.9 Å². The summed E-state index contributed by atoms with van der Waals surface area (Å²) in [4.78, 5) is 11.5. The minimum Gasteiger partial charge on any atom is -0.481 e. The van der Waals surface area contributed by atoms with Crippen molar-refractivity contribution in [2.45, 2.75) is 36.6 Å². The lowest BCUT2D eigenvalue weighted by Gasteiger charge is -2.34. The number of hydrogen-bond donors (Lipinski definition) is 1.